The third kappa shape index (κ3) is 3.33. The van der Waals surface area contributed by atoms with Crippen LogP contribution in [-0.2, 0) is 0 Å². The Morgan fingerprint density at radius 2 is 1.53 bits per heavy atom. The first-order valence-electron chi connectivity index (χ1n) is 4.91. The molecule has 0 N–H and O–H groups in total. The van der Waals surface area contributed by atoms with Gasteiger partial charge in [0.25, 0.3) is 0 Å². The first kappa shape index (κ1) is 11.7. The van der Waals surface area contributed by atoms with Crippen LogP contribution in [0.1, 0.15) is 13.8 Å². The number of benzene rings is 1. The third-order valence-corrected chi connectivity index (χ3v) is 1.90. The van der Waals surface area contributed by atoms with E-state index in [1.807, 2.05) is 50.2 Å². The standard InChI is InChI=1S/C10H7ClN2.C2H6/c11-10-7-6-9(12-13-10)8-4-2-1-3-5-8;1-2/h1-7H;1-2H3. The molecule has 15 heavy (non-hydrogen) atoms. The molecule has 0 fully saturated rings. The Hall–Kier alpha value is -1.41. The van der Waals surface area contributed by atoms with Gasteiger partial charge in [-0.25, -0.2) is 0 Å². The van der Waals surface area contributed by atoms with E-state index < -0.39 is 0 Å². The SMILES string of the molecule is CC.Clc1ccc(-c2ccccc2)nn1. The van der Waals surface area contributed by atoms with Crippen molar-refractivity contribution < 1.29 is 0 Å². The van der Waals surface area contributed by atoms with Crippen molar-refractivity contribution in [3.8, 4) is 11.3 Å². The maximum absolute atomic E-state index is 5.63. The Morgan fingerprint density at radius 3 is 2.07 bits per heavy atom. The molecule has 0 atom stereocenters. The Labute approximate surface area is 94.9 Å². The smallest absolute Gasteiger partial charge is 0.149 e. The molecule has 0 spiro atoms. The maximum Gasteiger partial charge on any atom is 0.151 e. The van der Waals surface area contributed by atoms with Gasteiger partial charge in [0.15, 0.2) is 5.15 Å². The lowest BCUT2D eigenvalue weighted by Crippen LogP contribution is -1.86. The predicted octanol–water partition coefficient (Wildman–Crippen LogP) is 3.82. The highest BCUT2D eigenvalue weighted by Crippen LogP contribution is 2.15. The lowest BCUT2D eigenvalue weighted by molar-refractivity contribution is 1.04. The third-order valence-electron chi connectivity index (χ3n) is 1.70. The van der Waals surface area contributed by atoms with Crippen molar-refractivity contribution >= 4 is 11.6 Å². The van der Waals surface area contributed by atoms with Gasteiger partial charge in [-0.05, 0) is 12.1 Å². The maximum atomic E-state index is 5.63. The van der Waals surface area contributed by atoms with Crippen LogP contribution in [0.25, 0.3) is 11.3 Å². The first-order valence-corrected chi connectivity index (χ1v) is 5.29. The van der Waals surface area contributed by atoms with Crippen LogP contribution in [0.15, 0.2) is 42.5 Å². The minimum Gasteiger partial charge on any atom is -0.149 e. The Kier molecular flexibility index (Phi) is 4.78. The fraction of sp³-hybridized carbons (Fsp3) is 0.167. The molecule has 1 aromatic carbocycles. The molecule has 2 rings (SSSR count). The number of halogens is 1. The van der Waals surface area contributed by atoms with E-state index in [4.69, 9.17) is 11.6 Å². The molecule has 1 aromatic heterocycles. The average molecular weight is 221 g/mol. The van der Waals surface area contributed by atoms with Crippen LogP contribution in [0.3, 0.4) is 0 Å². The van der Waals surface area contributed by atoms with E-state index in [9.17, 15) is 0 Å². The van der Waals surface area contributed by atoms with Crippen LogP contribution in [-0.4, -0.2) is 10.2 Å². The van der Waals surface area contributed by atoms with Crippen molar-refractivity contribution in [1.82, 2.24) is 10.2 Å². The minimum atomic E-state index is 0.416. The lowest BCUT2D eigenvalue weighted by Gasteiger charge is -1.97. The van der Waals surface area contributed by atoms with Gasteiger partial charge in [0.2, 0.25) is 0 Å². The molecule has 1 heterocycles. The van der Waals surface area contributed by atoms with Gasteiger partial charge < -0.3 is 0 Å². The van der Waals surface area contributed by atoms with Crippen LogP contribution >= 0.6 is 11.6 Å². The van der Waals surface area contributed by atoms with E-state index in [-0.39, 0.29) is 0 Å². The molecule has 0 saturated carbocycles. The molecule has 78 valence electrons. The summed E-state index contributed by atoms with van der Waals surface area (Å²) >= 11 is 5.63. The summed E-state index contributed by atoms with van der Waals surface area (Å²) in [5.41, 5.74) is 1.89. The molecule has 0 aliphatic carbocycles. The van der Waals surface area contributed by atoms with Crippen molar-refractivity contribution in [2.24, 2.45) is 0 Å². The molecule has 0 unspecified atom stereocenters. The average Bonchev–Trinajstić information content (AvgIpc) is 2.34. The molecular weight excluding hydrogens is 208 g/mol. The summed E-state index contributed by atoms with van der Waals surface area (Å²) < 4.78 is 0. The Morgan fingerprint density at radius 1 is 0.867 bits per heavy atom. The molecule has 3 heteroatoms. The molecule has 0 amide bonds. The number of rotatable bonds is 1. The van der Waals surface area contributed by atoms with Crippen LogP contribution in [0.2, 0.25) is 5.15 Å². The highest BCUT2D eigenvalue weighted by Gasteiger charge is 1.97. The summed E-state index contributed by atoms with van der Waals surface area (Å²) in [6, 6.07) is 13.4. The number of hydrogen-bond acceptors (Lipinski definition) is 2. The summed E-state index contributed by atoms with van der Waals surface area (Å²) in [5, 5.41) is 8.15. The van der Waals surface area contributed by atoms with Gasteiger partial charge >= 0.3 is 0 Å². The van der Waals surface area contributed by atoms with Crippen molar-refractivity contribution in [1.29, 1.82) is 0 Å². The summed E-state index contributed by atoms with van der Waals surface area (Å²) in [4.78, 5) is 0. The molecule has 0 aliphatic heterocycles. The zero-order valence-electron chi connectivity index (χ0n) is 8.81. The van der Waals surface area contributed by atoms with Gasteiger partial charge in [-0.3, -0.25) is 0 Å². The molecule has 0 bridgehead atoms. The zero-order chi connectivity index (χ0) is 11.1. The number of aromatic nitrogens is 2. The second kappa shape index (κ2) is 6.14. The summed E-state index contributed by atoms with van der Waals surface area (Å²) in [6.45, 7) is 4.00. The summed E-state index contributed by atoms with van der Waals surface area (Å²) in [5.74, 6) is 0. The highest BCUT2D eigenvalue weighted by atomic mass is 35.5. The van der Waals surface area contributed by atoms with E-state index in [2.05, 4.69) is 10.2 Å². The van der Waals surface area contributed by atoms with Crippen LogP contribution in [0, 0.1) is 0 Å². The van der Waals surface area contributed by atoms with Gasteiger partial charge in [-0.15, -0.1) is 10.2 Å². The molecule has 0 saturated heterocycles. The van der Waals surface area contributed by atoms with E-state index in [1.54, 1.807) is 6.07 Å². The molecule has 2 nitrogen and oxygen atoms in total. The number of nitrogens with zero attached hydrogens (tertiary/aromatic N) is 2. The normalized spacial score (nSPS) is 9.00. The molecule has 0 radical (unpaired) electrons. The zero-order valence-corrected chi connectivity index (χ0v) is 9.57. The van der Waals surface area contributed by atoms with Crippen molar-refractivity contribution in [2.75, 3.05) is 0 Å². The second-order valence-electron chi connectivity index (χ2n) is 2.61. The Bertz CT molecular complexity index is 384. The summed E-state index contributed by atoms with van der Waals surface area (Å²) in [7, 11) is 0. The van der Waals surface area contributed by atoms with Gasteiger partial charge in [0, 0.05) is 5.56 Å². The fourth-order valence-electron chi connectivity index (χ4n) is 1.08. The minimum absolute atomic E-state index is 0.416. The van der Waals surface area contributed by atoms with E-state index >= 15 is 0 Å². The summed E-state index contributed by atoms with van der Waals surface area (Å²) in [6.07, 6.45) is 0. The van der Waals surface area contributed by atoms with Crippen molar-refractivity contribution in [3.63, 3.8) is 0 Å². The largest absolute Gasteiger partial charge is 0.151 e. The van der Waals surface area contributed by atoms with E-state index in [1.165, 1.54) is 0 Å². The molecule has 2 aromatic rings. The van der Waals surface area contributed by atoms with E-state index in [0.717, 1.165) is 11.3 Å². The van der Waals surface area contributed by atoms with Gasteiger partial charge in [-0.2, -0.15) is 0 Å². The first-order chi connectivity index (χ1) is 7.36. The fourth-order valence-corrected chi connectivity index (χ4v) is 1.18. The quantitative estimate of drug-likeness (QED) is 0.730. The van der Waals surface area contributed by atoms with Gasteiger partial charge in [-0.1, -0.05) is 55.8 Å². The molecule has 0 aliphatic rings. The molecular formula is C12H13ClN2. The monoisotopic (exact) mass is 220 g/mol. The van der Waals surface area contributed by atoms with Crippen LogP contribution in [0.4, 0.5) is 0 Å². The Balaban J connectivity index is 0.000000531. The second-order valence-corrected chi connectivity index (χ2v) is 2.99. The highest BCUT2D eigenvalue weighted by molar-refractivity contribution is 6.29. The topological polar surface area (TPSA) is 25.8 Å². The van der Waals surface area contributed by atoms with Crippen LogP contribution in [0.5, 0.6) is 0 Å². The number of hydrogen-bond donors (Lipinski definition) is 0. The van der Waals surface area contributed by atoms with Crippen LogP contribution < -0.4 is 0 Å². The predicted molar refractivity (Wildman–Crippen MR) is 63.8 cm³/mol. The lowest BCUT2D eigenvalue weighted by atomic mass is 10.1. The van der Waals surface area contributed by atoms with Gasteiger partial charge in [0.1, 0.15) is 0 Å². The van der Waals surface area contributed by atoms with Crippen molar-refractivity contribution in [3.05, 3.63) is 47.6 Å². The van der Waals surface area contributed by atoms with E-state index in [0.29, 0.717) is 5.15 Å². The van der Waals surface area contributed by atoms with Crippen molar-refractivity contribution in [2.45, 2.75) is 13.8 Å². The van der Waals surface area contributed by atoms with Gasteiger partial charge in [0.05, 0.1) is 5.69 Å².